The molecule has 1 aromatic rings. The number of carbonyl (C=O) groups excluding carboxylic acids is 1. The Morgan fingerprint density at radius 2 is 1.94 bits per heavy atom. The molecular formula is C14H21NO2. The van der Waals surface area contributed by atoms with Gasteiger partial charge in [-0.3, -0.25) is 0 Å². The Morgan fingerprint density at radius 3 is 2.47 bits per heavy atom. The van der Waals surface area contributed by atoms with Crippen LogP contribution in [0.5, 0.6) is 0 Å². The van der Waals surface area contributed by atoms with Crippen LogP contribution in [0.3, 0.4) is 0 Å². The van der Waals surface area contributed by atoms with E-state index in [0.29, 0.717) is 5.56 Å². The van der Waals surface area contributed by atoms with Crippen molar-refractivity contribution in [3.05, 3.63) is 35.4 Å². The summed E-state index contributed by atoms with van der Waals surface area (Å²) in [7, 11) is 1.39. The second-order valence-electron chi connectivity index (χ2n) is 4.55. The first-order valence-corrected chi connectivity index (χ1v) is 6.01. The molecule has 3 nitrogen and oxygen atoms in total. The van der Waals surface area contributed by atoms with Crippen LogP contribution < -0.4 is 5.32 Å². The highest BCUT2D eigenvalue weighted by molar-refractivity contribution is 5.89. The largest absolute Gasteiger partial charge is 0.465 e. The Kier molecular flexibility index (Phi) is 5.70. The van der Waals surface area contributed by atoms with Gasteiger partial charge in [0.2, 0.25) is 0 Å². The molecule has 17 heavy (non-hydrogen) atoms. The van der Waals surface area contributed by atoms with E-state index in [1.165, 1.54) is 19.1 Å². The maximum absolute atomic E-state index is 11.2. The number of methoxy groups -OCH3 is 1. The molecule has 0 fully saturated rings. The molecule has 0 atom stereocenters. The van der Waals surface area contributed by atoms with Gasteiger partial charge in [-0.1, -0.05) is 26.0 Å². The van der Waals surface area contributed by atoms with Crippen molar-refractivity contribution in [3.8, 4) is 0 Å². The van der Waals surface area contributed by atoms with Gasteiger partial charge >= 0.3 is 5.97 Å². The Labute approximate surface area is 103 Å². The van der Waals surface area contributed by atoms with E-state index in [2.05, 4.69) is 23.9 Å². The number of hydrogen-bond acceptors (Lipinski definition) is 3. The van der Waals surface area contributed by atoms with Crippen molar-refractivity contribution in [3.63, 3.8) is 0 Å². The van der Waals surface area contributed by atoms with Gasteiger partial charge in [0.1, 0.15) is 0 Å². The van der Waals surface area contributed by atoms with Gasteiger partial charge in [0, 0.05) is 6.54 Å². The summed E-state index contributed by atoms with van der Waals surface area (Å²) in [6, 6.07) is 7.50. The first-order chi connectivity index (χ1) is 8.13. The first-order valence-electron chi connectivity index (χ1n) is 6.01. The van der Waals surface area contributed by atoms with E-state index in [4.69, 9.17) is 0 Å². The van der Waals surface area contributed by atoms with Crippen molar-refractivity contribution in [2.75, 3.05) is 13.7 Å². The summed E-state index contributed by atoms with van der Waals surface area (Å²) in [6.45, 7) is 6.30. The molecular weight excluding hydrogens is 214 g/mol. The molecule has 0 heterocycles. The van der Waals surface area contributed by atoms with E-state index in [0.717, 1.165) is 19.0 Å². The molecule has 1 aromatic carbocycles. The van der Waals surface area contributed by atoms with Crippen molar-refractivity contribution >= 4 is 5.97 Å². The Bertz CT molecular complexity index is 344. The molecule has 0 aliphatic carbocycles. The van der Waals surface area contributed by atoms with E-state index in [1.54, 1.807) is 12.1 Å². The number of benzene rings is 1. The first kappa shape index (κ1) is 13.7. The molecule has 1 rings (SSSR count). The molecule has 0 aliphatic rings. The molecule has 3 heteroatoms. The number of rotatable bonds is 6. The molecule has 0 amide bonds. The molecule has 0 aromatic heterocycles. The van der Waals surface area contributed by atoms with Gasteiger partial charge in [0.25, 0.3) is 0 Å². The quantitative estimate of drug-likeness (QED) is 0.608. The standard InChI is InChI=1S/C14H21NO2/c1-11(2)8-9-15-10-12-4-6-13(7-5-12)14(16)17-3/h4-7,11,15H,8-10H2,1-3H3. The van der Waals surface area contributed by atoms with Gasteiger partial charge < -0.3 is 10.1 Å². The van der Waals surface area contributed by atoms with E-state index in [9.17, 15) is 4.79 Å². The van der Waals surface area contributed by atoms with Crippen LogP contribution in [0, 0.1) is 5.92 Å². The van der Waals surface area contributed by atoms with Crippen LogP contribution in [0.25, 0.3) is 0 Å². The average Bonchev–Trinajstić information content (AvgIpc) is 2.34. The van der Waals surface area contributed by atoms with E-state index in [-0.39, 0.29) is 5.97 Å². The lowest BCUT2D eigenvalue weighted by molar-refractivity contribution is 0.0600. The van der Waals surface area contributed by atoms with Gasteiger partial charge in [0.05, 0.1) is 12.7 Å². The van der Waals surface area contributed by atoms with Crippen molar-refractivity contribution in [1.82, 2.24) is 5.32 Å². The smallest absolute Gasteiger partial charge is 0.337 e. The van der Waals surface area contributed by atoms with Crippen molar-refractivity contribution in [2.24, 2.45) is 5.92 Å². The normalized spacial score (nSPS) is 10.6. The summed E-state index contributed by atoms with van der Waals surface area (Å²) >= 11 is 0. The van der Waals surface area contributed by atoms with Gasteiger partial charge in [-0.2, -0.15) is 0 Å². The SMILES string of the molecule is COC(=O)c1ccc(CNCCC(C)C)cc1. The lowest BCUT2D eigenvalue weighted by Crippen LogP contribution is -2.16. The zero-order chi connectivity index (χ0) is 12.7. The van der Waals surface area contributed by atoms with Crippen molar-refractivity contribution in [1.29, 1.82) is 0 Å². The van der Waals surface area contributed by atoms with Crippen LogP contribution in [0.1, 0.15) is 36.2 Å². The molecule has 0 bridgehead atoms. The Morgan fingerprint density at radius 1 is 1.29 bits per heavy atom. The Hall–Kier alpha value is -1.35. The number of nitrogens with one attached hydrogen (secondary N) is 1. The Balaban J connectivity index is 2.38. The van der Waals surface area contributed by atoms with Gasteiger partial charge in [-0.25, -0.2) is 4.79 Å². The maximum Gasteiger partial charge on any atom is 0.337 e. The maximum atomic E-state index is 11.2. The van der Waals surface area contributed by atoms with Gasteiger partial charge in [-0.05, 0) is 36.6 Å². The fourth-order valence-corrected chi connectivity index (χ4v) is 1.50. The molecule has 0 unspecified atom stereocenters. The summed E-state index contributed by atoms with van der Waals surface area (Å²) in [5.41, 5.74) is 1.78. The summed E-state index contributed by atoms with van der Waals surface area (Å²) in [6.07, 6.45) is 1.18. The summed E-state index contributed by atoms with van der Waals surface area (Å²) in [4.78, 5) is 11.2. The summed E-state index contributed by atoms with van der Waals surface area (Å²) in [5, 5.41) is 3.38. The molecule has 1 N–H and O–H groups in total. The fraction of sp³-hybridized carbons (Fsp3) is 0.500. The lowest BCUT2D eigenvalue weighted by atomic mass is 10.1. The van der Waals surface area contributed by atoms with Crippen molar-refractivity contribution in [2.45, 2.75) is 26.8 Å². The zero-order valence-corrected chi connectivity index (χ0v) is 10.8. The number of ether oxygens (including phenoxy) is 1. The van der Waals surface area contributed by atoms with Crippen molar-refractivity contribution < 1.29 is 9.53 Å². The van der Waals surface area contributed by atoms with Gasteiger partial charge in [0.15, 0.2) is 0 Å². The van der Waals surface area contributed by atoms with Crippen LogP contribution >= 0.6 is 0 Å². The van der Waals surface area contributed by atoms with Crippen LogP contribution in [0.2, 0.25) is 0 Å². The summed E-state index contributed by atoms with van der Waals surface area (Å²) < 4.78 is 4.65. The van der Waals surface area contributed by atoms with Crippen LogP contribution in [-0.2, 0) is 11.3 Å². The molecule has 94 valence electrons. The number of carbonyl (C=O) groups is 1. The zero-order valence-electron chi connectivity index (χ0n) is 10.8. The topological polar surface area (TPSA) is 38.3 Å². The highest BCUT2D eigenvalue weighted by Crippen LogP contribution is 2.05. The fourth-order valence-electron chi connectivity index (χ4n) is 1.50. The minimum absolute atomic E-state index is 0.288. The monoisotopic (exact) mass is 235 g/mol. The van der Waals surface area contributed by atoms with Crippen LogP contribution in [0.4, 0.5) is 0 Å². The molecule has 0 saturated heterocycles. The average molecular weight is 235 g/mol. The second-order valence-corrected chi connectivity index (χ2v) is 4.55. The summed E-state index contributed by atoms with van der Waals surface area (Å²) in [5.74, 6) is 0.438. The highest BCUT2D eigenvalue weighted by atomic mass is 16.5. The third-order valence-corrected chi connectivity index (χ3v) is 2.60. The van der Waals surface area contributed by atoms with Crippen LogP contribution in [-0.4, -0.2) is 19.6 Å². The van der Waals surface area contributed by atoms with Crippen LogP contribution in [0.15, 0.2) is 24.3 Å². The molecule has 0 saturated carbocycles. The second kappa shape index (κ2) is 7.07. The predicted octanol–water partition coefficient (Wildman–Crippen LogP) is 2.61. The van der Waals surface area contributed by atoms with E-state index < -0.39 is 0 Å². The molecule has 0 radical (unpaired) electrons. The number of esters is 1. The minimum Gasteiger partial charge on any atom is -0.465 e. The third kappa shape index (κ3) is 5.00. The highest BCUT2D eigenvalue weighted by Gasteiger charge is 2.03. The lowest BCUT2D eigenvalue weighted by Gasteiger charge is -2.07. The van der Waals surface area contributed by atoms with Gasteiger partial charge in [-0.15, -0.1) is 0 Å². The molecule has 0 aliphatic heterocycles. The predicted molar refractivity (Wildman–Crippen MR) is 68.9 cm³/mol. The number of hydrogen-bond donors (Lipinski definition) is 1. The minimum atomic E-state index is -0.288. The third-order valence-electron chi connectivity index (χ3n) is 2.60. The van der Waals surface area contributed by atoms with E-state index in [1.807, 2.05) is 12.1 Å². The van der Waals surface area contributed by atoms with E-state index >= 15 is 0 Å². The molecule has 0 spiro atoms.